The molecule has 0 radical (unpaired) electrons. The third-order valence-electron chi connectivity index (χ3n) is 1.38. The van der Waals surface area contributed by atoms with Gasteiger partial charge in [-0.3, -0.25) is 4.79 Å². The predicted molar refractivity (Wildman–Crippen MR) is 47.3 cm³/mol. The zero-order valence-corrected chi connectivity index (χ0v) is 7.62. The third kappa shape index (κ3) is 5.92. The highest BCUT2D eigenvalue weighted by Crippen LogP contribution is 1.84. The van der Waals surface area contributed by atoms with Crippen LogP contribution in [0.1, 0.15) is 6.42 Å². The van der Waals surface area contributed by atoms with E-state index in [1.54, 1.807) is 0 Å². The summed E-state index contributed by atoms with van der Waals surface area (Å²) in [7, 11) is 1.42. The van der Waals surface area contributed by atoms with Crippen LogP contribution in [0.2, 0.25) is 0 Å². The number of amides is 2. The van der Waals surface area contributed by atoms with Crippen LogP contribution in [-0.2, 0) is 4.79 Å². The SMILES string of the molecule is CN(CC(=O)O)C(=O)NCCCN. The number of carbonyl (C=O) groups is 2. The van der Waals surface area contributed by atoms with E-state index in [-0.39, 0.29) is 6.54 Å². The first-order valence-electron chi connectivity index (χ1n) is 3.98. The Kier molecular flexibility index (Phi) is 5.62. The molecule has 0 heterocycles. The first-order chi connectivity index (χ1) is 6.07. The van der Waals surface area contributed by atoms with E-state index < -0.39 is 12.0 Å². The van der Waals surface area contributed by atoms with Gasteiger partial charge in [0, 0.05) is 13.6 Å². The molecule has 0 unspecified atom stereocenters. The van der Waals surface area contributed by atoms with E-state index in [4.69, 9.17) is 10.8 Å². The second-order valence-electron chi connectivity index (χ2n) is 2.62. The Hall–Kier alpha value is -1.30. The number of urea groups is 1. The van der Waals surface area contributed by atoms with E-state index in [9.17, 15) is 9.59 Å². The second-order valence-corrected chi connectivity index (χ2v) is 2.62. The first-order valence-corrected chi connectivity index (χ1v) is 3.98. The van der Waals surface area contributed by atoms with E-state index in [0.29, 0.717) is 19.5 Å². The number of aliphatic carboxylic acids is 1. The summed E-state index contributed by atoms with van der Waals surface area (Å²) < 4.78 is 0. The van der Waals surface area contributed by atoms with Crippen molar-refractivity contribution in [3.63, 3.8) is 0 Å². The number of carbonyl (C=O) groups excluding carboxylic acids is 1. The van der Waals surface area contributed by atoms with Crippen molar-refractivity contribution in [3.8, 4) is 0 Å². The molecule has 2 amide bonds. The highest BCUT2D eigenvalue weighted by molar-refractivity contribution is 5.79. The summed E-state index contributed by atoms with van der Waals surface area (Å²) in [4.78, 5) is 22.4. The van der Waals surface area contributed by atoms with Gasteiger partial charge in [0.2, 0.25) is 0 Å². The molecule has 0 saturated carbocycles. The number of carboxylic acids is 1. The summed E-state index contributed by atoms with van der Waals surface area (Å²) in [5.74, 6) is -1.03. The van der Waals surface area contributed by atoms with E-state index in [2.05, 4.69) is 5.32 Å². The minimum atomic E-state index is -1.03. The van der Waals surface area contributed by atoms with Gasteiger partial charge < -0.3 is 21.1 Å². The largest absolute Gasteiger partial charge is 0.480 e. The Morgan fingerprint density at radius 3 is 2.62 bits per heavy atom. The van der Waals surface area contributed by atoms with Gasteiger partial charge in [-0.25, -0.2) is 4.79 Å². The molecule has 0 aliphatic rings. The molecule has 0 aromatic carbocycles. The van der Waals surface area contributed by atoms with Crippen LogP contribution in [0.25, 0.3) is 0 Å². The summed E-state index contributed by atoms with van der Waals surface area (Å²) >= 11 is 0. The van der Waals surface area contributed by atoms with Crippen LogP contribution < -0.4 is 11.1 Å². The van der Waals surface area contributed by atoms with E-state index in [0.717, 1.165) is 4.90 Å². The molecule has 6 heteroatoms. The van der Waals surface area contributed by atoms with Crippen LogP contribution in [-0.4, -0.2) is 48.7 Å². The molecule has 0 atom stereocenters. The number of hydrogen-bond donors (Lipinski definition) is 3. The summed E-state index contributed by atoms with van der Waals surface area (Å²) in [5, 5.41) is 10.9. The second kappa shape index (κ2) is 6.24. The molecule has 0 aliphatic heterocycles. The molecule has 0 rings (SSSR count). The molecule has 76 valence electrons. The highest BCUT2D eigenvalue weighted by Gasteiger charge is 2.10. The maximum Gasteiger partial charge on any atom is 0.323 e. The fraction of sp³-hybridized carbons (Fsp3) is 0.714. The maximum atomic E-state index is 11.1. The molecule has 0 spiro atoms. The van der Waals surface area contributed by atoms with Gasteiger partial charge in [0.25, 0.3) is 0 Å². The molecule has 0 fully saturated rings. The smallest absolute Gasteiger partial charge is 0.323 e. The highest BCUT2D eigenvalue weighted by atomic mass is 16.4. The predicted octanol–water partition coefficient (Wildman–Crippen LogP) is -0.939. The van der Waals surface area contributed by atoms with Crippen molar-refractivity contribution in [1.29, 1.82) is 0 Å². The fourth-order valence-corrected chi connectivity index (χ4v) is 0.707. The Morgan fingerprint density at radius 1 is 1.54 bits per heavy atom. The van der Waals surface area contributed by atoms with Gasteiger partial charge in [0.1, 0.15) is 6.54 Å². The standard InChI is InChI=1S/C7H15N3O3/c1-10(5-6(11)12)7(13)9-4-2-3-8/h2-5,8H2,1H3,(H,9,13)(H,11,12). The molecule has 0 bridgehead atoms. The lowest BCUT2D eigenvalue weighted by atomic mass is 10.4. The number of carboxylic acid groups (broad SMARTS) is 1. The van der Waals surface area contributed by atoms with Crippen LogP contribution in [0.5, 0.6) is 0 Å². The van der Waals surface area contributed by atoms with Gasteiger partial charge in [0.15, 0.2) is 0 Å². The number of likely N-dealkylation sites (N-methyl/N-ethyl adjacent to an activating group) is 1. The lowest BCUT2D eigenvalue weighted by Crippen LogP contribution is -2.40. The lowest BCUT2D eigenvalue weighted by Gasteiger charge is -2.14. The average molecular weight is 189 g/mol. The molecule has 4 N–H and O–H groups in total. The fourth-order valence-electron chi connectivity index (χ4n) is 0.707. The monoisotopic (exact) mass is 189 g/mol. The molecule has 0 aliphatic carbocycles. The first kappa shape index (κ1) is 11.7. The third-order valence-corrected chi connectivity index (χ3v) is 1.38. The van der Waals surface area contributed by atoms with Gasteiger partial charge in [-0.05, 0) is 13.0 Å². The molecule has 0 saturated heterocycles. The van der Waals surface area contributed by atoms with Crippen molar-refractivity contribution in [3.05, 3.63) is 0 Å². The number of nitrogens with zero attached hydrogens (tertiary/aromatic N) is 1. The molecule has 0 aromatic heterocycles. The zero-order chi connectivity index (χ0) is 10.3. The number of nitrogens with two attached hydrogens (primary N) is 1. The van der Waals surface area contributed by atoms with Crippen molar-refractivity contribution < 1.29 is 14.7 Å². The van der Waals surface area contributed by atoms with Crippen molar-refractivity contribution >= 4 is 12.0 Å². The summed E-state index contributed by atoms with van der Waals surface area (Å²) in [6.07, 6.45) is 0.687. The Morgan fingerprint density at radius 2 is 2.15 bits per heavy atom. The Bertz CT molecular complexity index is 184. The summed E-state index contributed by atoms with van der Waals surface area (Å²) in [5.41, 5.74) is 5.21. The van der Waals surface area contributed by atoms with Gasteiger partial charge in [-0.15, -0.1) is 0 Å². The van der Waals surface area contributed by atoms with Crippen LogP contribution in [0.3, 0.4) is 0 Å². The number of nitrogens with one attached hydrogen (secondary N) is 1. The van der Waals surface area contributed by atoms with Crippen LogP contribution in [0, 0.1) is 0 Å². The van der Waals surface area contributed by atoms with Gasteiger partial charge in [-0.2, -0.15) is 0 Å². The summed E-state index contributed by atoms with van der Waals surface area (Å²) in [6.45, 7) is 0.677. The van der Waals surface area contributed by atoms with Gasteiger partial charge >= 0.3 is 12.0 Å². The average Bonchev–Trinajstić information content (AvgIpc) is 2.03. The van der Waals surface area contributed by atoms with Crippen LogP contribution >= 0.6 is 0 Å². The minimum Gasteiger partial charge on any atom is -0.480 e. The van der Waals surface area contributed by atoms with Gasteiger partial charge in [-0.1, -0.05) is 0 Å². The lowest BCUT2D eigenvalue weighted by molar-refractivity contribution is -0.137. The molecule has 13 heavy (non-hydrogen) atoms. The maximum absolute atomic E-state index is 11.1. The van der Waals surface area contributed by atoms with Crippen LogP contribution in [0.4, 0.5) is 4.79 Å². The van der Waals surface area contributed by atoms with Gasteiger partial charge in [0.05, 0.1) is 0 Å². The quantitative estimate of drug-likeness (QED) is 0.486. The zero-order valence-electron chi connectivity index (χ0n) is 7.62. The van der Waals surface area contributed by atoms with E-state index in [1.807, 2.05) is 0 Å². The van der Waals surface area contributed by atoms with Crippen LogP contribution in [0.15, 0.2) is 0 Å². The normalized spacial score (nSPS) is 9.38. The van der Waals surface area contributed by atoms with E-state index >= 15 is 0 Å². The summed E-state index contributed by atoms with van der Waals surface area (Å²) in [6, 6.07) is -0.393. The van der Waals surface area contributed by atoms with Crippen molar-refractivity contribution in [2.24, 2.45) is 5.73 Å². The Labute approximate surface area is 76.7 Å². The van der Waals surface area contributed by atoms with Crippen molar-refractivity contribution in [1.82, 2.24) is 10.2 Å². The molecule has 0 aromatic rings. The van der Waals surface area contributed by atoms with Crippen molar-refractivity contribution in [2.45, 2.75) is 6.42 Å². The molecule has 6 nitrogen and oxygen atoms in total. The van der Waals surface area contributed by atoms with Crippen molar-refractivity contribution in [2.75, 3.05) is 26.7 Å². The molecular formula is C7H15N3O3. The topological polar surface area (TPSA) is 95.7 Å². The molecular weight excluding hydrogens is 174 g/mol. The minimum absolute atomic E-state index is 0.297. The number of rotatable bonds is 5. The number of hydrogen-bond acceptors (Lipinski definition) is 3. The Balaban J connectivity index is 3.63. The van der Waals surface area contributed by atoms with E-state index in [1.165, 1.54) is 7.05 Å².